The third kappa shape index (κ3) is 2.87. The van der Waals surface area contributed by atoms with Crippen LogP contribution < -0.4 is 0 Å². The molecule has 18 heavy (non-hydrogen) atoms. The molecule has 0 aliphatic heterocycles. The fourth-order valence-corrected chi connectivity index (χ4v) is 1.21. The summed E-state index contributed by atoms with van der Waals surface area (Å²) in [5.74, 6) is -2.64. The molecular formula is C9H8F2N2O5. The van der Waals surface area contributed by atoms with Crippen LogP contribution in [0.5, 0.6) is 5.75 Å². The van der Waals surface area contributed by atoms with Crippen LogP contribution in [-0.2, 0) is 16.0 Å². The normalized spacial score (nSPS) is 10.4. The lowest BCUT2D eigenvalue weighted by molar-refractivity contribution is -0.389. The minimum atomic E-state index is -3.19. The van der Waals surface area contributed by atoms with Gasteiger partial charge in [0.1, 0.15) is 0 Å². The van der Waals surface area contributed by atoms with E-state index in [0.29, 0.717) is 0 Å². The van der Waals surface area contributed by atoms with Gasteiger partial charge in [-0.2, -0.15) is 0 Å². The highest BCUT2D eigenvalue weighted by molar-refractivity contribution is 5.73. The summed E-state index contributed by atoms with van der Waals surface area (Å²) in [7, 11) is 1.06. The van der Waals surface area contributed by atoms with E-state index in [2.05, 4.69) is 9.72 Å². The lowest BCUT2D eigenvalue weighted by Gasteiger charge is -2.05. The fourth-order valence-electron chi connectivity index (χ4n) is 1.21. The van der Waals surface area contributed by atoms with Crippen molar-refractivity contribution in [2.45, 2.75) is 12.8 Å². The average molecular weight is 262 g/mol. The molecular weight excluding hydrogens is 254 g/mol. The fraction of sp³-hybridized carbons (Fsp3) is 0.333. The standard InChI is InChI=1S/C9H8F2N2O5/c1-18-6(14)3-4-2-5(13(16)17)12-7(8(4)15)9(10)11/h2,9,15H,3H2,1H3. The van der Waals surface area contributed by atoms with Crippen molar-refractivity contribution in [2.75, 3.05) is 7.11 Å². The van der Waals surface area contributed by atoms with Crippen molar-refractivity contribution in [3.63, 3.8) is 0 Å². The molecule has 0 aliphatic rings. The lowest BCUT2D eigenvalue weighted by atomic mass is 10.1. The second kappa shape index (κ2) is 5.34. The second-order valence-electron chi connectivity index (χ2n) is 3.18. The molecule has 0 unspecified atom stereocenters. The number of pyridine rings is 1. The second-order valence-corrected chi connectivity index (χ2v) is 3.18. The first-order valence-corrected chi connectivity index (χ1v) is 4.59. The highest BCUT2D eigenvalue weighted by Gasteiger charge is 2.28. The Bertz CT molecular complexity index is 492. The Balaban J connectivity index is 3.31. The van der Waals surface area contributed by atoms with Crippen molar-refractivity contribution in [3.8, 4) is 5.75 Å². The van der Waals surface area contributed by atoms with Crippen LogP contribution in [-0.4, -0.2) is 28.1 Å². The zero-order valence-corrected chi connectivity index (χ0v) is 9.09. The van der Waals surface area contributed by atoms with Gasteiger partial charge in [-0.05, 0) is 9.91 Å². The molecule has 98 valence electrons. The summed E-state index contributed by atoms with van der Waals surface area (Å²) in [6.07, 6.45) is -3.76. The third-order valence-electron chi connectivity index (χ3n) is 2.04. The Hall–Kier alpha value is -2.32. The number of aromatic nitrogens is 1. The van der Waals surface area contributed by atoms with Crippen LogP contribution in [0.15, 0.2) is 6.07 Å². The highest BCUT2D eigenvalue weighted by Crippen LogP contribution is 2.32. The van der Waals surface area contributed by atoms with Gasteiger partial charge in [0.05, 0.1) is 13.5 Å². The predicted octanol–water partition coefficient (Wildman–Crippen LogP) is 1.35. The van der Waals surface area contributed by atoms with Crippen LogP contribution in [0, 0.1) is 10.1 Å². The van der Waals surface area contributed by atoms with Crippen molar-refractivity contribution < 1.29 is 28.3 Å². The number of nitro groups is 1. The Kier molecular flexibility index (Phi) is 4.08. The third-order valence-corrected chi connectivity index (χ3v) is 2.04. The summed E-state index contributed by atoms with van der Waals surface area (Å²) >= 11 is 0. The average Bonchev–Trinajstić information content (AvgIpc) is 2.30. The predicted molar refractivity (Wildman–Crippen MR) is 53.2 cm³/mol. The van der Waals surface area contributed by atoms with Crippen LogP contribution >= 0.6 is 0 Å². The van der Waals surface area contributed by atoms with E-state index in [1.54, 1.807) is 0 Å². The number of carbonyl (C=O) groups is 1. The smallest absolute Gasteiger partial charge is 0.364 e. The minimum Gasteiger partial charge on any atom is -0.504 e. The molecule has 1 aromatic rings. The summed E-state index contributed by atoms with van der Waals surface area (Å²) in [6, 6.07) is 0.748. The van der Waals surface area contributed by atoms with Gasteiger partial charge in [0.25, 0.3) is 5.69 Å². The van der Waals surface area contributed by atoms with Crippen molar-refractivity contribution >= 4 is 11.8 Å². The number of hydrogen-bond donors (Lipinski definition) is 1. The molecule has 0 aliphatic carbocycles. The molecule has 0 saturated carbocycles. The van der Waals surface area contributed by atoms with Gasteiger partial charge in [0, 0.05) is 11.6 Å². The molecule has 0 amide bonds. The number of hydrogen-bond acceptors (Lipinski definition) is 6. The molecule has 0 saturated heterocycles. The Morgan fingerprint density at radius 1 is 1.67 bits per heavy atom. The molecule has 9 heteroatoms. The summed E-state index contributed by atoms with van der Waals surface area (Å²) in [6.45, 7) is 0. The highest BCUT2D eigenvalue weighted by atomic mass is 19.3. The van der Waals surface area contributed by atoms with Gasteiger partial charge in [-0.25, -0.2) is 8.78 Å². The van der Waals surface area contributed by atoms with Gasteiger partial charge < -0.3 is 20.0 Å². The number of alkyl halides is 2. The van der Waals surface area contributed by atoms with Gasteiger partial charge >= 0.3 is 18.2 Å². The Labute approximate surface area is 99.2 Å². The number of ether oxygens (including phenoxy) is 1. The molecule has 7 nitrogen and oxygen atoms in total. The maximum Gasteiger partial charge on any atom is 0.364 e. The molecule has 0 bridgehead atoms. The van der Waals surface area contributed by atoms with Gasteiger partial charge in [-0.1, -0.05) is 0 Å². The monoisotopic (exact) mass is 262 g/mol. The van der Waals surface area contributed by atoms with Crippen LogP contribution in [0.25, 0.3) is 0 Å². The Morgan fingerprint density at radius 3 is 2.72 bits per heavy atom. The number of esters is 1. The lowest BCUT2D eigenvalue weighted by Crippen LogP contribution is -2.07. The summed E-state index contributed by atoms with van der Waals surface area (Å²) < 4.78 is 29.3. The molecule has 1 aromatic heterocycles. The van der Waals surface area contributed by atoms with E-state index in [0.717, 1.165) is 13.2 Å². The Morgan fingerprint density at radius 2 is 2.28 bits per heavy atom. The molecule has 0 atom stereocenters. The SMILES string of the molecule is COC(=O)Cc1cc([N+](=O)[O-])nc(C(F)F)c1O. The topological polar surface area (TPSA) is 103 Å². The number of carbonyl (C=O) groups excluding carboxylic acids is 1. The largest absolute Gasteiger partial charge is 0.504 e. The zero-order chi connectivity index (χ0) is 13.9. The molecule has 0 radical (unpaired) electrons. The maximum absolute atomic E-state index is 12.5. The van der Waals surface area contributed by atoms with Gasteiger partial charge in [0.2, 0.25) is 0 Å². The van der Waals surface area contributed by atoms with E-state index in [1.165, 1.54) is 0 Å². The van der Waals surface area contributed by atoms with Crippen molar-refractivity contribution in [1.29, 1.82) is 0 Å². The van der Waals surface area contributed by atoms with E-state index < -0.39 is 41.0 Å². The number of aromatic hydroxyl groups is 1. The number of nitrogens with zero attached hydrogens (tertiary/aromatic N) is 2. The summed E-state index contributed by atoms with van der Waals surface area (Å²) in [4.78, 5) is 23.5. The quantitative estimate of drug-likeness (QED) is 0.499. The van der Waals surface area contributed by atoms with E-state index in [9.17, 15) is 28.8 Å². The number of methoxy groups -OCH3 is 1. The van der Waals surface area contributed by atoms with Gasteiger partial charge in [0.15, 0.2) is 5.75 Å². The molecule has 0 fully saturated rings. The minimum absolute atomic E-state index is 0.334. The molecule has 0 spiro atoms. The zero-order valence-electron chi connectivity index (χ0n) is 9.09. The first-order chi connectivity index (χ1) is 8.36. The van der Waals surface area contributed by atoms with Gasteiger partial charge in [-0.15, -0.1) is 0 Å². The molecule has 1 heterocycles. The van der Waals surface area contributed by atoms with E-state index in [4.69, 9.17) is 0 Å². The van der Waals surface area contributed by atoms with Crippen LogP contribution in [0.1, 0.15) is 17.7 Å². The van der Waals surface area contributed by atoms with Crippen molar-refractivity contribution in [1.82, 2.24) is 4.98 Å². The van der Waals surface area contributed by atoms with Gasteiger partial charge in [-0.3, -0.25) is 4.79 Å². The summed E-state index contributed by atoms with van der Waals surface area (Å²) in [5.41, 5.74) is -1.47. The maximum atomic E-state index is 12.5. The number of halogens is 2. The van der Waals surface area contributed by atoms with Crippen LogP contribution in [0.4, 0.5) is 14.6 Å². The summed E-state index contributed by atoms with van der Waals surface area (Å²) in [5, 5.41) is 19.9. The number of rotatable bonds is 4. The first kappa shape index (κ1) is 13.7. The van der Waals surface area contributed by atoms with Crippen LogP contribution in [0.2, 0.25) is 0 Å². The molecule has 0 aromatic carbocycles. The first-order valence-electron chi connectivity index (χ1n) is 4.59. The van der Waals surface area contributed by atoms with E-state index >= 15 is 0 Å². The van der Waals surface area contributed by atoms with E-state index in [1.807, 2.05) is 0 Å². The van der Waals surface area contributed by atoms with Crippen molar-refractivity contribution in [2.24, 2.45) is 0 Å². The molecule has 1 N–H and O–H groups in total. The molecule has 1 rings (SSSR count). The van der Waals surface area contributed by atoms with Crippen molar-refractivity contribution in [3.05, 3.63) is 27.4 Å². The van der Waals surface area contributed by atoms with E-state index in [-0.39, 0.29) is 5.56 Å². The van der Waals surface area contributed by atoms with Crippen LogP contribution in [0.3, 0.4) is 0 Å².